The number of benzene rings is 2. The Balaban J connectivity index is 2.35. The topological polar surface area (TPSA) is 60.4 Å². The minimum Gasteiger partial charge on any atom is -0.549 e. The highest BCUT2D eigenvalue weighted by atomic mass is 16.4. The van der Waals surface area contributed by atoms with Crippen LogP contribution in [0.15, 0.2) is 60.7 Å². The van der Waals surface area contributed by atoms with Gasteiger partial charge in [0.2, 0.25) is 0 Å². The normalized spacial score (nSPS) is 13.8. The van der Waals surface area contributed by atoms with Crippen LogP contribution in [0.2, 0.25) is 0 Å². The predicted octanol–water partition coefficient (Wildman–Crippen LogP) is 1.25. The molecule has 0 fully saturated rings. The van der Waals surface area contributed by atoms with E-state index < -0.39 is 18.0 Å². The van der Waals surface area contributed by atoms with E-state index in [2.05, 4.69) is 0 Å². The number of carboxylic acid groups (broad SMARTS) is 1. The Labute approximate surface area is 105 Å². The van der Waals surface area contributed by atoms with Gasteiger partial charge in [0.05, 0.1) is 18.0 Å². The summed E-state index contributed by atoms with van der Waals surface area (Å²) >= 11 is 0. The molecule has 2 aromatic rings. The Bertz CT molecular complexity index is 508. The zero-order chi connectivity index (χ0) is 13.0. The Kier molecular flexibility index (Phi) is 3.75. The fourth-order valence-electron chi connectivity index (χ4n) is 1.95. The van der Waals surface area contributed by atoms with Crippen molar-refractivity contribution < 1.29 is 15.0 Å². The van der Waals surface area contributed by atoms with E-state index in [1.165, 1.54) is 0 Å². The lowest BCUT2D eigenvalue weighted by Crippen LogP contribution is -2.33. The van der Waals surface area contributed by atoms with Crippen LogP contribution < -0.4 is 5.11 Å². The molecule has 0 aliphatic carbocycles. The van der Waals surface area contributed by atoms with E-state index >= 15 is 0 Å². The molecule has 0 saturated carbocycles. The summed E-state index contributed by atoms with van der Waals surface area (Å²) in [5, 5.41) is 21.4. The summed E-state index contributed by atoms with van der Waals surface area (Å²) in [6.07, 6.45) is -1.11. The molecule has 0 unspecified atom stereocenters. The molecule has 92 valence electrons. The predicted molar refractivity (Wildman–Crippen MR) is 65.6 cm³/mol. The van der Waals surface area contributed by atoms with E-state index in [0.717, 1.165) is 0 Å². The van der Waals surface area contributed by atoms with Gasteiger partial charge in [-0.2, -0.15) is 0 Å². The van der Waals surface area contributed by atoms with Crippen molar-refractivity contribution in [3.05, 3.63) is 71.8 Å². The molecule has 3 nitrogen and oxygen atoms in total. The summed E-state index contributed by atoms with van der Waals surface area (Å²) in [6.45, 7) is 0. The van der Waals surface area contributed by atoms with Crippen LogP contribution in [-0.4, -0.2) is 11.1 Å². The Morgan fingerprint density at radius 2 is 1.33 bits per heavy atom. The van der Waals surface area contributed by atoms with Crippen molar-refractivity contribution >= 4 is 5.97 Å². The number of hydrogen-bond acceptors (Lipinski definition) is 3. The second kappa shape index (κ2) is 5.47. The highest BCUT2D eigenvalue weighted by Crippen LogP contribution is 2.30. The first kappa shape index (κ1) is 12.3. The van der Waals surface area contributed by atoms with Gasteiger partial charge in [0.1, 0.15) is 0 Å². The first-order valence-corrected chi connectivity index (χ1v) is 5.69. The van der Waals surface area contributed by atoms with E-state index in [4.69, 9.17) is 0 Å². The number of hydrogen-bond donors (Lipinski definition) is 1. The Hall–Kier alpha value is -2.13. The van der Waals surface area contributed by atoms with E-state index in [1.54, 1.807) is 54.6 Å². The fraction of sp³-hybridized carbons (Fsp3) is 0.133. The molecule has 2 atom stereocenters. The monoisotopic (exact) mass is 241 g/mol. The molecule has 2 rings (SSSR count). The van der Waals surface area contributed by atoms with Gasteiger partial charge < -0.3 is 15.0 Å². The van der Waals surface area contributed by atoms with Crippen molar-refractivity contribution in [2.45, 2.75) is 12.0 Å². The summed E-state index contributed by atoms with van der Waals surface area (Å²) < 4.78 is 0. The van der Waals surface area contributed by atoms with Gasteiger partial charge in [0, 0.05) is 0 Å². The van der Waals surface area contributed by atoms with E-state index in [9.17, 15) is 15.0 Å². The largest absolute Gasteiger partial charge is 0.549 e. The van der Waals surface area contributed by atoms with Gasteiger partial charge in [-0.15, -0.1) is 0 Å². The third kappa shape index (κ3) is 2.57. The first-order chi connectivity index (χ1) is 8.70. The van der Waals surface area contributed by atoms with Crippen molar-refractivity contribution in [3.8, 4) is 0 Å². The minimum atomic E-state index is -1.28. The van der Waals surface area contributed by atoms with Crippen LogP contribution in [0.25, 0.3) is 0 Å². The van der Waals surface area contributed by atoms with Crippen LogP contribution in [0.4, 0.5) is 0 Å². The number of carbonyl (C=O) groups is 1. The average molecular weight is 241 g/mol. The molecule has 1 N–H and O–H groups in total. The lowest BCUT2D eigenvalue weighted by atomic mass is 9.89. The van der Waals surface area contributed by atoms with Gasteiger partial charge in [-0.3, -0.25) is 0 Å². The molecule has 0 amide bonds. The second-order valence-electron chi connectivity index (χ2n) is 4.06. The zero-order valence-corrected chi connectivity index (χ0v) is 9.69. The Morgan fingerprint density at radius 1 is 0.889 bits per heavy atom. The number of rotatable bonds is 4. The van der Waals surface area contributed by atoms with Gasteiger partial charge in [-0.25, -0.2) is 0 Å². The maximum Gasteiger partial charge on any atom is 0.0911 e. The molecule has 0 aliphatic rings. The molecule has 3 heteroatoms. The lowest BCUT2D eigenvalue weighted by molar-refractivity contribution is -0.310. The van der Waals surface area contributed by atoms with E-state index in [1.807, 2.05) is 6.07 Å². The smallest absolute Gasteiger partial charge is 0.0911 e. The minimum absolute atomic E-state index is 0.536. The molecule has 0 aliphatic heterocycles. The standard InChI is InChI=1S/C15H14O3/c16-14(12-9-5-2-6-10-12)13(15(17)18)11-7-3-1-4-8-11/h1-10,13-14,16H,(H,17,18)/p-1/t13-,14+/m1/s1. The molecule has 0 bridgehead atoms. The van der Waals surface area contributed by atoms with Crippen molar-refractivity contribution in [2.24, 2.45) is 0 Å². The molecule has 0 spiro atoms. The maximum absolute atomic E-state index is 11.2. The third-order valence-electron chi connectivity index (χ3n) is 2.87. The van der Waals surface area contributed by atoms with Gasteiger partial charge in [0.25, 0.3) is 0 Å². The lowest BCUT2D eigenvalue weighted by Gasteiger charge is -2.24. The first-order valence-electron chi connectivity index (χ1n) is 5.69. The molecule has 18 heavy (non-hydrogen) atoms. The van der Waals surface area contributed by atoms with E-state index in [-0.39, 0.29) is 0 Å². The van der Waals surface area contributed by atoms with Crippen molar-refractivity contribution in [3.63, 3.8) is 0 Å². The average Bonchev–Trinajstić information content (AvgIpc) is 2.40. The second-order valence-corrected chi connectivity index (χ2v) is 4.06. The molecular formula is C15H13O3-. The van der Waals surface area contributed by atoms with Crippen molar-refractivity contribution in [1.29, 1.82) is 0 Å². The van der Waals surface area contributed by atoms with E-state index in [0.29, 0.717) is 11.1 Å². The van der Waals surface area contributed by atoms with Gasteiger partial charge in [0.15, 0.2) is 0 Å². The molecule has 2 aromatic carbocycles. The summed E-state index contributed by atoms with van der Waals surface area (Å²) in [4.78, 5) is 11.2. The van der Waals surface area contributed by atoms with Crippen LogP contribution in [0.1, 0.15) is 23.1 Å². The number of carbonyl (C=O) groups excluding carboxylic acids is 1. The Morgan fingerprint density at radius 3 is 1.78 bits per heavy atom. The van der Waals surface area contributed by atoms with Crippen LogP contribution in [0, 0.1) is 0 Å². The van der Waals surface area contributed by atoms with Gasteiger partial charge in [-0.05, 0) is 11.1 Å². The highest BCUT2D eigenvalue weighted by molar-refractivity contribution is 5.75. The van der Waals surface area contributed by atoms with Crippen LogP contribution in [0.3, 0.4) is 0 Å². The van der Waals surface area contributed by atoms with Crippen LogP contribution in [0.5, 0.6) is 0 Å². The van der Waals surface area contributed by atoms with Crippen LogP contribution >= 0.6 is 0 Å². The summed E-state index contributed by atoms with van der Waals surface area (Å²) in [6, 6.07) is 17.3. The fourth-order valence-corrected chi connectivity index (χ4v) is 1.95. The molecule has 0 heterocycles. The highest BCUT2D eigenvalue weighted by Gasteiger charge is 2.23. The number of aliphatic hydroxyl groups is 1. The summed E-state index contributed by atoms with van der Waals surface area (Å²) in [7, 11) is 0. The van der Waals surface area contributed by atoms with Crippen molar-refractivity contribution in [1.82, 2.24) is 0 Å². The number of carboxylic acids is 1. The van der Waals surface area contributed by atoms with Gasteiger partial charge in [-0.1, -0.05) is 60.7 Å². The summed E-state index contributed by atoms with van der Waals surface area (Å²) in [5.74, 6) is -2.34. The molecule has 0 aromatic heterocycles. The van der Waals surface area contributed by atoms with Gasteiger partial charge >= 0.3 is 0 Å². The van der Waals surface area contributed by atoms with Crippen molar-refractivity contribution in [2.75, 3.05) is 0 Å². The number of aliphatic carboxylic acids is 1. The molecule has 0 saturated heterocycles. The quantitative estimate of drug-likeness (QED) is 0.876. The third-order valence-corrected chi connectivity index (χ3v) is 2.87. The summed E-state index contributed by atoms with van der Waals surface area (Å²) in [5.41, 5.74) is 1.10. The maximum atomic E-state index is 11.2. The molecule has 0 radical (unpaired) electrons. The molecular weight excluding hydrogens is 228 g/mol. The zero-order valence-electron chi connectivity index (χ0n) is 9.69. The number of aliphatic hydroxyl groups excluding tert-OH is 1. The van der Waals surface area contributed by atoms with Crippen LogP contribution in [-0.2, 0) is 4.79 Å². The SMILES string of the molecule is O=C([O-])[C@H](c1ccccc1)[C@@H](O)c1ccccc1.